The topological polar surface area (TPSA) is 67.1 Å². The third kappa shape index (κ3) is 3.47. The lowest BCUT2D eigenvalue weighted by molar-refractivity contribution is 0.630. The summed E-state index contributed by atoms with van der Waals surface area (Å²) in [5.41, 5.74) is 6.66. The van der Waals surface area contributed by atoms with Crippen LogP contribution in [0, 0.1) is 0 Å². The molecule has 0 spiro atoms. The summed E-state index contributed by atoms with van der Waals surface area (Å²) >= 11 is 0. The second-order valence-corrected chi connectivity index (χ2v) is 5.01. The third-order valence-corrected chi connectivity index (χ3v) is 2.42. The van der Waals surface area contributed by atoms with Crippen molar-refractivity contribution in [3.8, 4) is 0 Å². The summed E-state index contributed by atoms with van der Waals surface area (Å²) < 4.78 is 0. The molecule has 0 unspecified atom stereocenters. The van der Waals surface area contributed by atoms with E-state index in [9.17, 15) is 0 Å². The van der Waals surface area contributed by atoms with Crippen molar-refractivity contribution in [2.45, 2.75) is 40.2 Å². The van der Waals surface area contributed by atoms with Gasteiger partial charge in [0.15, 0.2) is 11.6 Å². The maximum absolute atomic E-state index is 6.11. The van der Waals surface area contributed by atoms with Gasteiger partial charge < -0.3 is 16.0 Å². The zero-order chi connectivity index (χ0) is 13.1. The van der Waals surface area contributed by atoms with Crippen LogP contribution in [0.2, 0.25) is 0 Å². The Morgan fingerprint density at radius 2 is 1.82 bits per heavy atom. The van der Waals surface area contributed by atoms with Gasteiger partial charge in [0.2, 0.25) is 0 Å². The van der Waals surface area contributed by atoms with E-state index in [2.05, 4.69) is 54.8 Å². The lowest BCUT2D eigenvalue weighted by atomic mass is 10.1. The molecule has 0 aromatic carbocycles. The molecule has 0 aliphatic rings. The maximum atomic E-state index is 6.11. The van der Waals surface area contributed by atoms with Crippen molar-refractivity contribution >= 4 is 17.3 Å². The van der Waals surface area contributed by atoms with Gasteiger partial charge in [-0.1, -0.05) is 0 Å². The van der Waals surface area contributed by atoms with Crippen LogP contribution in [-0.4, -0.2) is 28.6 Å². The number of hydrogen-bond acceptors (Lipinski definition) is 5. The molecule has 5 heteroatoms. The smallest absolute Gasteiger partial charge is 0.157 e. The normalized spacial score (nSPS) is 11.4. The highest BCUT2D eigenvalue weighted by atomic mass is 15.2. The molecule has 0 saturated carbocycles. The van der Waals surface area contributed by atoms with Crippen molar-refractivity contribution < 1.29 is 0 Å². The molecule has 0 amide bonds. The quantitative estimate of drug-likeness (QED) is 0.839. The molecule has 17 heavy (non-hydrogen) atoms. The predicted octanol–water partition coefficient (Wildman–Crippen LogP) is 2.12. The van der Waals surface area contributed by atoms with Crippen LogP contribution in [0.4, 0.5) is 17.3 Å². The first-order valence-corrected chi connectivity index (χ1v) is 6.02. The van der Waals surface area contributed by atoms with Crippen molar-refractivity contribution in [1.29, 1.82) is 0 Å². The third-order valence-electron chi connectivity index (χ3n) is 2.42. The van der Waals surface area contributed by atoms with Gasteiger partial charge in [-0.05, 0) is 34.6 Å². The van der Waals surface area contributed by atoms with Gasteiger partial charge in [-0.15, -0.1) is 0 Å². The average molecular weight is 237 g/mol. The van der Waals surface area contributed by atoms with Crippen molar-refractivity contribution in [2.75, 3.05) is 29.0 Å². The van der Waals surface area contributed by atoms with E-state index in [1.54, 1.807) is 6.33 Å². The van der Waals surface area contributed by atoms with Gasteiger partial charge in [-0.3, -0.25) is 0 Å². The Balaban J connectivity index is 3.07. The number of aromatic nitrogens is 2. The molecule has 0 saturated heterocycles. The summed E-state index contributed by atoms with van der Waals surface area (Å²) in [6, 6.07) is 0. The number of hydrogen-bond donors (Lipinski definition) is 2. The van der Waals surface area contributed by atoms with Crippen LogP contribution in [0.5, 0.6) is 0 Å². The Hall–Kier alpha value is -1.52. The van der Waals surface area contributed by atoms with Crippen LogP contribution in [0.25, 0.3) is 0 Å². The van der Waals surface area contributed by atoms with E-state index in [0.29, 0.717) is 11.5 Å². The monoisotopic (exact) mass is 237 g/mol. The van der Waals surface area contributed by atoms with Gasteiger partial charge in [-0.2, -0.15) is 0 Å². The van der Waals surface area contributed by atoms with E-state index in [0.717, 1.165) is 18.9 Å². The van der Waals surface area contributed by atoms with Gasteiger partial charge in [0.1, 0.15) is 12.0 Å². The van der Waals surface area contributed by atoms with Gasteiger partial charge in [0.25, 0.3) is 0 Å². The Bertz CT molecular complexity index is 366. The van der Waals surface area contributed by atoms with Gasteiger partial charge in [0, 0.05) is 18.6 Å². The summed E-state index contributed by atoms with van der Waals surface area (Å²) in [7, 11) is 0. The fraction of sp³-hybridized carbons (Fsp3) is 0.667. The maximum Gasteiger partial charge on any atom is 0.157 e. The molecular weight excluding hydrogens is 214 g/mol. The summed E-state index contributed by atoms with van der Waals surface area (Å²) in [5, 5.41) is 3.29. The summed E-state index contributed by atoms with van der Waals surface area (Å²) in [4.78, 5) is 10.6. The molecule has 0 bridgehead atoms. The first kappa shape index (κ1) is 13.5. The zero-order valence-corrected chi connectivity index (χ0v) is 11.4. The standard InChI is InChI=1S/C12H23N5/c1-6-17(7-2)11-9(13)10(14-8-15-11)16-12(3,4)5/h8H,6-7,13H2,1-5H3,(H,14,15,16). The highest BCUT2D eigenvalue weighted by molar-refractivity contribution is 5.75. The van der Waals surface area contributed by atoms with E-state index >= 15 is 0 Å². The molecule has 0 aliphatic heterocycles. The molecule has 1 heterocycles. The summed E-state index contributed by atoms with van der Waals surface area (Å²) in [5.74, 6) is 1.51. The highest BCUT2D eigenvalue weighted by Crippen LogP contribution is 2.27. The summed E-state index contributed by atoms with van der Waals surface area (Å²) in [6.45, 7) is 12.2. The van der Waals surface area contributed by atoms with E-state index < -0.39 is 0 Å². The van der Waals surface area contributed by atoms with Crippen LogP contribution >= 0.6 is 0 Å². The van der Waals surface area contributed by atoms with E-state index in [-0.39, 0.29) is 5.54 Å². The van der Waals surface area contributed by atoms with Crippen LogP contribution in [0.3, 0.4) is 0 Å². The van der Waals surface area contributed by atoms with E-state index in [4.69, 9.17) is 5.73 Å². The number of nitrogen functional groups attached to an aromatic ring is 1. The second-order valence-electron chi connectivity index (χ2n) is 5.01. The molecule has 0 atom stereocenters. The Labute approximate surface area is 103 Å². The Morgan fingerprint density at radius 1 is 1.24 bits per heavy atom. The fourth-order valence-electron chi connectivity index (χ4n) is 1.62. The molecule has 0 radical (unpaired) electrons. The van der Waals surface area contributed by atoms with Crippen molar-refractivity contribution in [3.63, 3.8) is 0 Å². The van der Waals surface area contributed by atoms with Crippen molar-refractivity contribution in [3.05, 3.63) is 6.33 Å². The number of rotatable bonds is 4. The summed E-state index contributed by atoms with van der Waals surface area (Å²) in [6.07, 6.45) is 1.55. The lowest BCUT2D eigenvalue weighted by Crippen LogP contribution is -2.29. The molecule has 3 N–H and O–H groups in total. The zero-order valence-electron chi connectivity index (χ0n) is 11.4. The largest absolute Gasteiger partial charge is 0.393 e. The Kier molecular flexibility index (Phi) is 4.15. The molecular formula is C12H23N5. The number of anilines is 3. The molecule has 96 valence electrons. The fourth-order valence-corrected chi connectivity index (χ4v) is 1.62. The molecule has 1 rings (SSSR count). The van der Waals surface area contributed by atoms with Crippen LogP contribution in [0.1, 0.15) is 34.6 Å². The second kappa shape index (κ2) is 5.21. The van der Waals surface area contributed by atoms with E-state index in [1.165, 1.54) is 0 Å². The van der Waals surface area contributed by atoms with Crippen LogP contribution in [-0.2, 0) is 0 Å². The minimum Gasteiger partial charge on any atom is -0.393 e. The molecule has 1 aromatic heterocycles. The van der Waals surface area contributed by atoms with Crippen molar-refractivity contribution in [2.24, 2.45) is 0 Å². The van der Waals surface area contributed by atoms with Crippen LogP contribution in [0.15, 0.2) is 6.33 Å². The predicted molar refractivity (Wildman–Crippen MR) is 73.4 cm³/mol. The molecule has 0 fully saturated rings. The highest BCUT2D eigenvalue weighted by Gasteiger charge is 2.16. The van der Waals surface area contributed by atoms with Gasteiger partial charge >= 0.3 is 0 Å². The van der Waals surface area contributed by atoms with Crippen molar-refractivity contribution in [1.82, 2.24) is 9.97 Å². The first-order valence-electron chi connectivity index (χ1n) is 6.02. The minimum atomic E-state index is -0.0665. The first-order chi connectivity index (χ1) is 7.89. The molecule has 5 nitrogen and oxygen atoms in total. The number of nitrogens with one attached hydrogen (secondary N) is 1. The van der Waals surface area contributed by atoms with Gasteiger partial charge in [-0.25, -0.2) is 9.97 Å². The van der Waals surface area contributed by atoms with E-state index in [1.807, 2.05) is 0 Å². The average Bonchev–Trinajstić information content (AvgIpc) is 2.23. The lowest BCUT2D eigenvalue weighted by Gasteiger charge is -2.25. The number of nitrogens with two attached hydrogens (primary N) is 1. The Morgan fingerprint density at radius 3 is 2.29 bits per heavy atom. The van der Waals surface area contributed by atoms with Gasteiger partial charge in [0.05, 0.1) is 0 Å². The number of nitrogens with zero attached hydrogens (tertiary/aromatic N) is 3. The molecule has 0 aliphatic carbocycles. The minimum absolute atomic E-state index is 0.0665. The van der Waals surface area contributed by atoms with Crippen LogP contribution < -0.4 is 16.0 Å². The molecule has 1 aromatic rings. The SMILES string of the molecule is CCN(CC)c1ncnc(NC(C)(C)C)c1N.